The first-order valence-corrected chi connectivity index (χ1v) is 9.32. The molecule has 0 bridgehead atoms. The van der Waals surface area contributed by atoms with Crippen molar-refractivity contribution in [3.63, 3.8) is 0 Å². The number of fused-ring (bicyclic) bond motifs is 1. The molecule has 0 N–H and O–H groups in total. The SMILES string of the molecule is Fc1ccc2nc(CN(Cc3cncs3)C3CCCC3)ccc2c1. The summed E-state index contributed by atoms with van der Waals surface area (Å²) in [6, 6.07) is 9.40. The lowest BCUT2D eigenvalue weighted by atomic mass is 10.1. The summed E-state index contributed by atoms with van der Waals surface area (Å²) in [5.41, 5.74) is 3.80. The van der Waals surface area contributed by atoms with Crippen LogP contribution < -0.4 is 0 Å². The molecule has 1 saturated carbocycles. The maximum Gasteiger partial charge on any atom is 0.123 e. The summed E-state index contributed by atoms with van der Waals surface area (Å²) >= 11 is 1.71. The van der Waals surface area contributed by atoms with Crippen LogP contribution in [0.1, 0.15) is 36.3 Å². The van der Waals surface area contributed by atoms with Gasteiger partial charge in [-0.05, 0) is 37.1 Å². The van der Waals surface area contributed by atoms with E-state index >= 15 is 0 Å². The molecule has 1 aliphatic rings. The van der Waals surface area contributed by atoms with E-state index in [9.17, 15) is 4.39 Å². The Bertz CT molecular complexity index is 813. The summed E-state index contributed by atoms with van der Waals surface area (Å²) in [4.78, 5) is 12.8. The van der Waals surface area contributed by atoms with Gasteiger partial charge >= 0.3 is 0 Å². The van der Waals surface area contributed by atoms with Gasteiger partial charge in [-0.2, -0.15) is 0 Å². The van der Waals surface area contributed by atoms with Crippen LogP contribution in [0.4, 0.5) is 4.39 Å². The smallest absolute Gasteiger partial charge is 0.123 e. The van der Waals surface area contributed by atoms with E-state index in [0.29, 0.717) is 6.04 Å². The van der Waals surface area contributed by atoms with Crippen LogP contribution in [0, 0.1) is 5.82 Å². The van der Waals surface area contributed by atoms with Crippen molar-refractivity contribution >= 4 is 22.2 Å². The van der Waals surface area contributed by atoms with Crippen molar-refractivity contribution < 1.29 is 4.39 Å². The van der Waals surface area contributed by atoms with E-state index in [1.165, 1.54) is 42.7 Å². The third-order valence-corrected chi connectivity index (χ3v) is 5.52. The van der Waals surface area contributed by atoms with Crippen LogP contribution in [0.3, 0.4) is 0 Å². The monoisotopic (exact) mass is 341 g/mol. The molecular formula is C19H20FN3S. The first-order chi connectivity index (χ1) is 11.8. The van der Waals surface area contributed by atoms with Crippen LogP contribution in [-0.4, -0.2) is 20.9 Å². The lowest BCUT2D eigenvalue weighted by Gasteiger charge is -2.28. The molecule has 4 rings (SSSR count). The van der Waals surface area contributed by atoms with E-state index in [1.807, 2.05) is 23.8 Å². The number of hydrogen-bond donors (Lipinski definition) is 0. The second-order valence-electron chi connectivity index (χ2n) is 6.45. The molecule has 0 aliphatic heterocycles. The van der Waals surface area contributed by atoms with E-state index in [0.717, 1.165) is 29.7 Å². The molecule has 5 heteroatoms. The van der Waals surface area contributed by atoms with Crippen molar-refractivity contribution in [2.45, 2.75) is 44.8 Å². The van der Waals surface area contributed by atoms with Crippen molar-refractivity contribution in [1.29, 1.82) is 0 Å². The van der Waals surface area contributed by atoms with E-state index in [4.69, 9.17) is 4.98 Å². The Balaban J connectivity index is 1.57. The van der Waals surface area contributed by atoms with E-state index < -0.39 is 0 Å². The highest BCUT2D eigenvalue weighted by Gasteiger charge is 2.23. The average molecular weight is 341 g/mol. The molecule has 0 saturated heterocycles. The quantitative estimate of drug-likeness (QED) is 0.669. The zero-order valence-electron chi connectivity index (χ0n) is 13.5. The first-order valence-electron chi connectivity index (χ1n) is 8.44. The summed E-state index contributed by atoms with van der Waals surface area (Å²) in [6.07, 6.45) is 7.11. The van der Waals surface area contributed by atoms with Crippen molar-refractivity contribution in [2.75, 3.05) is 0 Å². The van der Waals surface area contributed by atoms with Gasteiger partial charge in [-0.25, -0.2) is 4.39 Å². The normalized spacial score (nSPS) is 15.6. The highest BCUT2D eigenvalue weighted by Crippen LogP contribution is 2.27. The zero-order chi connectivity index (χ0) is 16.4. The Hall–Kier alpha value is -1.85. The van der Waals surface area contributed by atoms with E-state index in [2.05, 4.69) is 9.88 Å². The minimum atomic E-state index is -0.213. The van der Waals surface area contributed by atoms with Crippen molar-refractivity contribution in [3.8, 4) is 0 Å². The third kappa shape index (κ3) is 3.47. The molecule has 1 aliphatic carbocycles. The molecule has 2 heterocycles. The van der Waals surface area contributed by atoms with E-state index in [-0.39, 0.29) is 5.82 Å². The topological polar surface area (TPSA) is 29.0 Å². The van der Waals surface area contributed by atoms with E-state index in [1.54, 1.807) is 17.4 Å². The standard InChI is InChI=1S/C19H20FN3S/c20-15-6-8-19-14(9-15)5-7-16(22-19)11-23(17-3-1-2-4-17)12-18-10-21-13-24-18/h5-10,13,17H,1-4,11-12H2. The second-order valence-corrected chi connectivity index (χ2v) is 7.42. The predicted molar refractivity (Wildman–Crippen MR) is 95.3 cm³/mol. The third-order valence-electron chi connectivity index (χ3n) is 4.76. The fourth-order valence-corrected chi connectivity index (χ4v) is 4.16. The molecule has 0 atom stereocenters. The molecule has 1 aromatic carbocycles. The average Bonchev–Trinajstić information content (AvgIpc) is 3.28. The number of hydrogen-bond acceptors (Lipinski definition) is 4. The highest BCUT2D eigenvalue weighted by atomic mass is 32.1. The number of halogens is 1. The predicted octanol–water partition coefficient (Wildman–Crippen LogP) is 4.78. The maximum absolute atomic E-state index is 13.3. The lowest BCUT2D eigenvalue weighted by molar-refractivity contribution is 0.180. The number of aromatic nitrogens is 2. The number of rotatable bonds is 5. The molecule has 0 radical (unpaired) electrons. The van der Waals surface area contributed by atoms with Gasteiger partial charge in [0.15, 0.2) is 0 Å². The van der Waals surface area contributed by atoms with Crippen LogP contribution in [0.15, 0.2) is 42.0 Å². The summed E-state index contributed by atoms with van der Waals surface area (Å²) in [6.45, 7) is 1.76. The number of thiazole rings is 1. The Morgan fingerprint density at radius 3 is 2.79 bits per heavy atom. The second kappa shape index (κ2) is 6.95. The molecule has 2 aromatic heterocycles. The lowest BCUT2D eigenvalue weighted by Crippen LogP contribution is -2.32. The molecular weight excluding hydrogens is 321 g/mol. The number of benzene rings is 1. The van der Waals surface area contributed by atoms with Crippen molar-refractivity contribution in [1.82, 2.24) is 14.9 Å². The molecule has 3 nitrogen and oxygen atoms in total. The van der Waals surface area contributed by atoms with Gasteiger partial charge in [-0.1, -0.05) is 18.9 Å². The fraction of sp³-hybridized carbons (Fsp3) is 0.368. The molecule has 0 amide bonds. The molecule has 124 valence electrons. The fourth-order valence-electron chi connectivity index (χ4n) is 3.54. The van der Waals surface area contributed by atoms with Crippen LogP contribution >= 0.6 is 11.3 Å². The van der Waals surface area contributed by atoms with Gasteiger partial charge < -0.3 is 0 Å². The molecule has 1 fully saturated rings. The Labute approximate surface area is 145 Å². The Morgan fingerprint density at radius 2 is 2.00 bits per heavy atom. The summed E-state index contributed by atoms with van der Waals surface area (Å²) in [5, 5.41) is 0.855. The molecule has 3 aromatic rings. The maximum atomic E-state index is 13.3. The summed E-state index contributed by atoms with van der Waals surface area (Å²) in [7, 11) is 0. The van der Waals surface area contributed by atoms with Gasteiger partial charge in [0.2, 0.25) is 0 Å². The van der Waals surface area contributed by atoms with Gasteiger partial charge in [0, 0.05) is 35.6 Å². The zero-order valence-corrected chi connectivity index (χ0v) is 14.3. The van der Waals surface area contributed by atoms with Gasteiger partial charge in [0.05, 0.1) is 16.7 Å². The highest BCUT2D eigenvalue weighted by molar-refractivity contribution is 7.09. The summed E-state index contributed by atoms with van der Waals surface area (Å²) in [5.74, 6) is -0.213. The molecule has 0 spiro atoms. The first kappa shape index (κ1) is 15.7. The number of pyridine rings is 1. The van der Waals surface area contributed by atoms with Crippen molar-refractivity contribution in [3.05, 3.63) is 58.4 Å². The largest absolute Gasteiger partial charge is 0.289 e. The Kier molecular flexibility index (Phi) is 4.54. The Morgan fingerprint density at radius 1 is 1.12 bits per heavy atom. The van der Waals surface area contributed by atoms with Gasteiger partial charge in [0.1, 0.15) is 5.82 Å². The van der Waals surface area contributed by atoms with Gasteiger partial charge in [-0.15, -0.1) is 11.3 Å². The summed E-state index contributed by atoms with van der Waals surface area (Å²) < 4.78 is 13.3. The van der Waals surface area contributed by atoms with Crippen LogP contribution in [-0.2, 0) is 13.1 Å². The van der Waals surface area contributed by atoms with Gasteiger partial charge in [-0.3, -0.25) is 14.9 Å². The minimum Gasteiger partial charge on any atom is -0.289 e. The van der Waals surface area contributed by atoms with Gasteiger partial charge in [0.25, 0.3) is 0 Å². The molecule has 0 unspecified atom stereocenters. The van der Waals surface area contributed by atoms with Crippen LogP contribution in [0.25, 0.3) is 10.9 Å². The van der Waals surface area contributed by atoms with Crippen molar-refractivity contribution in [2.24, 2.45) is 0 Å². The number of nitrogens with zero attached hydrogens (tertiary/aromatic N) is 3. The van der Waals surface area contributed by atoms with Crippen LogP contribution in [0.2, 0.25) is 0 Å². The minimum absolute atomic E-state index is 0.213. The van der Waals surface area contributed by atoms with Crippen LogP contribution in [0.5, 0.6) is 0 Å². The molecule has 24 heavy (non-hydrogen) atoms.